The number of halogens is 1. The van der Waals surface area contributed by atoms with Crippen LogP contribution in [0.4, 0.5) is 4.39 Å². The molecule has 0 amide bonds. The summed E-state index contributed by atoms with van der Waals surface area (Å²) in [5.41, 5.74) is 0.366. The van der Waals surface area contributed by atoms with Crippen LogP contribution in [0.3, 0.4) is 0 Å². The van der Waals surface area contributed by atoms with Crippen LogP contribution in [0.25, 0.3) is 0 Å². The van der Waals surface area contributed by atoms with E-state index in [0.29, 0.717) is 6.33 Å². The van der Waals surface area contributed by atoms with E-state index in [4.69, 9.17) is 5.11 Å². The monoisotopic (exact) mass is 173 g/mol. The molecule has 0 aromatic rings. The molecular formula is C9H16FNO. The highest BCUT2D eigenvalue weighted by Gasteiger charge is 2.33. The van der Waals surface area contributed by atoms with Crippen LogP contribution in [0, 0.1) is 5.41 Å². The smallest absolute Gasteiger partial charge is 0.0866 e. The summed E-state index contributed by atoms with van der Waals surface area (Å²) in [6.07, 6.45) is 1.38. The Labute approximate surface area is 72.7 Å². The number of aliphatic hydroxyl groups excluding tert-OH is 1. The van der Waals surface area contributed by atoms with Crippen molar-refractivity contribution in [2.75, 3.05) is 26.7 Å². The third-order valence-electron chi connectivity index (χ3n) is 2.64. The summed E-state index contributed by atoms with van der Waals surface area (Å²) in [5.74, 6) is 0. The van der Waals surface area contributed by atoms with E-state index < -0.39 is 0 Å². The Morgan fingerprint density at radius 1 is 1.75 bits per heavy atom. The highest BCUT2D eigenvalue weighted by Crippen LogP contribution is 2.33. The molecule has 2 nitrogen and oxygen atoms in total. The van der Waals surface area contributed by atoms with E-state index in [9.17, 15) is 4.39 Å². The average molecular weight is 173 g/mol. The maximum atomic E-state index is 12.4. The molecule has 0 spiro atoms. The molecule has 1 saturated heterocycles. The van der Waals surface area contributed by atoms with E-state index in [1.165, 1.54) is 0 Å². The second kappa shape index (κ2) is 3.54. The number of piperidine rings is 1. The maximum absolute atomic E-state index is 12.4. The fourth-order valence-electron chi connectivity index (χ4n) is 1.73. The van der Waals surface area contributed by atoms with Gasteiger partial charge in [0.25, 0.3) is 0 Å². The molecule has 1 N–H and O–H groups in total. The van der Waals surface area contributed by atoms with E-state index in [0.717, 1.165) is 25.1 Å². The lowest BCUT2D eigenvalue weighted by molar-refractivity contribution is 0.102. The molecule has 12 heavy (non-hydrogen) atoms. The molecule has 0 radical (unpaired) electrons. The first-order valence-electron chi connectivity index (χ1n) is 4.21. The number of aliphatic hydroxyl groups is 1. The van der Waals surface area contributed by atoms with Gasteiger partial charge in [0.1, 0.15) is 0 Å². The second-order valence-electron chi connectivity index (χ2n) is 3.84. The summed E-state index contributed by atoms with van der Waals surface area (Å²) in [5, 5.41) is 9.14. The number of rotatable bonds is 1. The first-order valence-corrected chi connectivity index (χ1v) is 4.21. The van der Waals surface area contributed by atoms with Gasteiger partial charge in [0, 0.05) is 18.5 Å². The summed E-state index contributed by atoms with van der Waals surface area (Å²) in [4.78, 5) is 2.11. The van der Waals surface area contributed by atoms with Gasteiger partial charge < -0.3 is 10.0 Å². The van der Waals surface area contributed by atoms with E-state index in [2.05, 4.69) is 4.90 Å². The van der Waals surface area contributed by atoms with Crippen molar-refractivity contribution < 1.29 is 9.50 Å². The Morgan fingerprint density at radius 3 is 2.92 bits per heavy atom. The quantitative estimate of drug-likeness (QED) is 0.643. The Hall–Kier alpha value is -0.410. The van der Waals surface area contributed by atoms with Crippen LogP contribution in [0.2, 0.25) is 0 Å². The standard InChI is InChI=1S/C9H16FNO/c1-9(7-12)6-11(2)4-3-8(9)5-10/h5,12H,3-4,6-7H2,1-2H3. The van der Waals surface area contributed by atoms with Crippen molar-refractivity contribution >= 4 is 0 Å². The van der Waals surface area contributed by atoms with E-state index in [-0.39, 0.29) is 12.0 Å². The number of likely N-dealkylation sites (tertiary alicyclic amines) is 1. The minimum absolute atomic E-state index is 0.0209. The minimum atomic E-state index is -0.373. The van der Waals surface area contributed by atoms with Gasteiger partial charge in [-0.25, -0.2) is 4.39 Å². The molecule has 0 aromatic carbocycles. The molecular weight excluding hydrogens is 157 g/mol. The predicted molar refractivity (Wildman–Crippen MR) is 46.5 cm³/mol. The van der Waals surface area contributed by atoms with Crippen molar-refractivity contribution in [3.8, 4) is 0 Å². The van der Waals surface area contributed by atoms with Crippen molar-refractivity contribution in [2.45, 2.75) is 13.3 Å². The van der Waals surface area contributed by atoms with Gasteiger partial charge >= 0.3 is 0 Å². The molecule has 70 valence electrons. The van der Waals surface area contributed by atoms with Crippen molar-refractivity contribution in [3.05, 3.63) is 11.9 Å². The van der Waals surface area contributed by atoms with E-state index in [1.54, 1.807) is 0 Å². The van der Waals surface area contributed by atoms with Crippen LogP contribution < -0.4 is 0 Å². The van der Waals surface area contributed by atoms with Gasteiger partial charge in [-0.2, -0.15) is 0 Å². The molecule has 3 heteroatoms. The number of hydrogen-bond donors (Lipinski definition) is 1. The maximum Gasteiger partial charge on any atom is 0.0866 e. The molecule has 1 unspecified atom stereocenters. The van der Waals surface area contributed by atoms with Crippen molar-refractivity contribution in [3.63, 3.8) is 0 Å². The lowest BCUT2D eigenvalue weighted by Gasteiger charge is -2.39. The highest BCUT2D eigenvalue weighted by atomic mass is 19.1. The number of nitrogens with zero attached hydrogens (tertiary/aromatic N) is 1. The van der Waals surface area contributed by atoms with Gasteiger partial charge in [-0.3, -0.25) is 0 Å². The summed E-state index contributed by atoms with van der Waals surface area (Å²) in [6, 6.07) is 0. The molecule has 1 rings (SSSR count). The van der Waals surface area contributed by atoms with Crippen LogP contribution in [0.15, 0.2) is 11.9 Å². The van der Waals surface area contributed by atoms with Crippen LogP contribution in [0.1, 0.15) is 13.3 Å². The first kappa shape index (κ1) is 9.68. The molecule has 1 fully saturated rings. The lowest BCUT2D eigenvalue weighted by Crippen LogP contribution is -2.43. The average Bonchev–Trinajstić information content (AvgIpc) is 2.05. The van der Waals surface area contributed by atoms with Gasteiger partial charge in [0.2, 0.25) is 0 Å². The van der Waals surface area contributed by atoms with Crippen molar-refractivity contribution in [1.29, 1.82) is 0 Å². The third-order valence-corrected chi connectivity index (χ3v) is 2.64. The normalized spacial score (nSPS) is 35.8. The van der Waals surface area contributed by atoms with Crippen LogP contribution in [-0.2, 0) is 0 Å². The SMILES string of the molecule is CN1CCC(=CF)C(C)(CO)C1. The Kier molecular flexibility index (Phi) is 2.85. The van der Waals surface area contributed by atoms with Crippen LogP contribution in [-0.4, -0.2) is 36.8 Å². The summed E-state index contributed by atoms with van der Waals surface area (Å²) < 4.78 is 12.4. The van der Waals surface area contributed by atoms with E-state index >= 15 is 0 Å². The zero-order valence-electron chi connectivity index (χ0n) is 7.68. The molecule has 0 aromatic heterocycles. The first-order chi connectivity index (χ1) is 5.62. The summed E-state index contributed by atoms with van der Waals surface area (Å²) in [6.45, 7) is 3.53. The van der Waals surface area contributed by atoms with Gasteiger partial charge in [0.15, 0.2) is 0 Å². The number of hydrogen-bond acceptors (Lipinski definition) is 2. The lowest BCUT2D eigenvalue weighted by atomic mass is 9.79. The molecule has 1 aliphatic heterocycles. The highest BCUT2D eigenvalue weighted by molar-refractivity contribution is 5.15. The zero-order valence-corrected chi connectivity index (χ0v) is 7.68. The predicted octanol–water partition coefficient (Wildman–Crippen LogP) is 1.17. The van der Waals surface area contributed by atoms with Gasteiger partial charge in [-0.15, -0.1) is 0 Å². The van der Waals surface area contributed by atoms with Gasteiger partial charge in [-0.05, 0) is 19.0 Å². The second-order valence-corrected chi connectivity index (χ2v) is 3.84. The van der Waals surface area contributed by atoms with Crippen molar-refractivity contribution in [1.82, 2.24) is 4.90 Å². The van der Waals surface area contributed by atoms with Gasteiger partial charge in [-0.1, -0.05) is 6.92 Å². The molecule has 1 aliphatic rings. The molecule has 1 atom stereocenters. The Morgan fingerprint density at radius 2 is 2.42 bits per heavy atom. The fourth-order valence-corrected chi connectivity index (χ4v) is 1.73. The third kappa shape index (κ3) is 1.67. The Balaban J connectivity index is 2.78. The molecule has 0 bridgehead atoms. The zero-order chi connectivity index (χ0) is 9.19. The van der Waals surface area contributed by atoms with Crippen LogP contribution in [0.5, 0.6) is 0 Å². The summed E-state index contributed by atoms with van der Waals surface area (Å²) >= 11 is 0. The molecule has 0 saturated carbocycles. The molecule has 1 heterocycles. The molecule has 0 aliphatic carbocycles. The minimum Gasteiger partial charge on any atom is -0.395 e. The van der Waals surface area contributed by atoms with E-state index in [1.807, 2.05) is 14.0 Å². The van der Waals surface area contributed by atoms with Crippen LogP contribution >= 0.6 is 0 Å². The Bertz CT molecular complexity index is 193. The van der Waals surface area contributed by atoms with Crippen molar-refractivity contribution in [2.24, 2.45) is 5.41 Å². The largest absolute Gasteiger partial charge is 0.395 e. The topological polar surface area (TPSA) is 23.5 Å². The fraction of sp³-hybridized carbons (Fsp3) is 0.778. The summed E-state index contributed by atoms with van der Waals surface area (Å²) in [7, 11) is 1.99. The van der Waals surface area contributed by atoms with Gasteiger partial charge in [0.05, 0.1) is 12.9 Å².